The molecule has 2 unspecified atom stereocenters. The zero-order valence-electron chi connectivity index (χ0n) is 16.6. The minimum absolute atomic E-state index is 0. The maximum atomic E-state index is 12.6. The summed E-state index contributed by atoms with van der Waals surface area (Å²) >= 11 is 0. The van der Waals surface area contributed by atoms with E-state index in [1.54, 1.807) is 14.2 Å². The standard InChI is InChI=1S/C20H30N4O2.HI/c1-20(2)16(11-17(20)26-4)23-19(21-3)22-12-18(25)24-10-9-14-7-5-6-8-15(14)13-24;/h5-8,16-17H,9-13H2,1-4H3,(H2,21,22,23);1H. The Balaban J connectivity index is 0.00000261. The minimum Gasteiger partial charge on any atom is -0.381 e. The molecule has 150 valence electrons. The van der Waals surface area contributed by atoms with Gasteiger partial charge in [0, 0.05) is 38.7 Å². The van der Waals surface area contributed by atoms with Gasteiger partial charge in [-0.1, -0.05) is 38.1 Å². The molecule has 0 radical (unpaired) electrons. The van der Waals surface area contributed by atoms with Crippen LogP contribution in [-0.4, -0.2) is 56.2 Å². The molecule has 1 aliphatic carbocycles. The van der Waals surface area contributed by atoms with E-state index in [0.717, 1.165) is 19.4 Å². The third-order valence-electron chi connectivity index (χ3n) is 5.89. The number of ether oxygens (including phenoxy) is 1. The Morgan fingerprint density at radius 2 is 2.04 bits per heavy atom. The molecule has 0 bridgehead atoms. The van der Waals surface area contributed by atoms with Gasteiger partial charge < -0.3 is 20.3 Å². The van der Waals surface area contributed by atoms with Crippen molar-refractivity contribution in [3.8, 4) is 0 Å². The molecule has 0 spiro atoms. The predicted molar refractivity (Wildman–Crippen MR) is 118 cm³/mol. The van der Waals surface area contributed by atoms with Crippen molar-refractivity contribution in [2.45, 2.75) is 45.4 Å². The minimum atomic E-state index is 0. The van der Waals surface area contributed by atoms with E-state index in [-0.39, 0.29) is 54.0 Å². The van der Waals surface area contributed by atoms with Gasteiger partial charge in [0.15, 0.2) is 5.96 Å². The summed E-state index contributed by atoms with van der Waals surface area (Å²) in [6.07, 6.45) is 2.12. The van der Waals surface area contributed by atoms with Crippen molar-refractivity contribution in [2.24, 2.45) is 10.4 Å². The third-order valence-corrected chi connectivity index (χ3v) is 5.89. The number of rotatable bonds is 4. The van der Waals surface area contributed by atoms with E-state index in [2.05, 4.69) is 47.7 Å². The molecule has 6 nitrogen and oxygen atoms in total. The van der Waals surface area contributed by atoms with Gasteiger partial charge in [-0.15, -0.1) is 24.0 Å². The molecule has 27 heavy (non-hydrogen) atoms. The first-order valence-electron chi connectivity index (χ1n) is 9.30. The van der Waals surface area contributed by atoms with Crippen molar-refractivity contribution in [1.82, 2.24) is 15.5 Å². The van der Waals surface area contributed by atoms with Crippen molar-refractivity contribution < 1.29 is 9.53 Å². The van der Waals surface area contributed by atoms with Crippen molar-refractivity contribution in [3.63, 3.8) is 0 Å². The van der Waals surface area contributed by atoms with Gasteiger partial charge >= 0.3 is 0 Å². The molecule has 0 saturated heterocycles. The molecule has 1 fully saturated rings. The van der Waals surface area contributed by atoms with E-state index in [4.69, 9.17) is 4.74 Å². The van der Waals surface area contributed by atoms with Gasteiger partial charge in [0.1, 0.15) is 0 Å². The number of guanidine groups is 1. The van der Waals surface area contributed by atoms with Crippen LogP contribution in [0.15, 0.2) is 29.3 Å². The number of hydrogen-bond acceptors (Lipinski definition) is 3. The molecule has 3 rings (SSSR count). The fourth-order valence-electron chi connectivity index (χ4n) is 3.87. The summed E-state index contributed by atoms with van der Waals surface area (Å²) in [4.78, 5) is 18.8. The second kappa shape index (κ2) is 9.23. The molecular formula is C20H31IN4O2. The Hall–Kier alpha value is -1.35. The second-order valence-corrected chi connectivity index (χ2v) is 7.74. The fourth-order valence-corrected chi connectivity index (χ4v) is 3.87. The lowest BCUT2D eigenvalue weighted by atomic mass is 9.64. The van der Waals surface area contributed by atoms with Crippen molar-refractivity contribution in [3.05, 3.63) is 35.4 Å². The van der Waals surface area contributed by atoms with Crippen LogP contribution in [0, 0.1) is 5.41 Å². The molecule has 1 heterocycles. The molecule has 7 heteroatoms. The average Bonchev–Trinajstić information content (AvgIpc) is 2.66. The highest BCUT2D eigenvalue weighted by Crippen LogP contribution is 2.42. The Labute approximate surface area is 179 Å². The van der Waals surface area contributed by atoms with Crippen LogP contribution < -0.4 is 10.6 Å². The number of benzene rings is 1. The van der Waals surface area contributed by atoms with E-state index in [9.17, 15) is 4.79 Å². The van der Waals surface area contributed by atoms with Gasteiger partial charge in [0.2, 0.25) is 5.91 Å². The monoisotopic (exact) mass is 486 g/mol. The zero-order valence-corrected chi connectivity index (χ0v) is 18.9. The normalized spacial score (nSPS) is 23.6. The van der Waals surface area contributed by atoms with Crippen LogP contribution in [0.2, 0.25) is 0 Å². The van der Waals surface area contributed by atoms with E-state index in [1.807, 2.05) is 11.0 Å². The van der Waals surface area contributed by atoms with E-state index in [1.165, 1.54) is 11.1 Å². The lowest BCUT2D eigenvalue weighted by Gasteiger charge is -2.51. The van der Waals surface area contributed by atoms with Crippen molar-refractivity contribution in [1.29, 1.82) is 0 Å². The molecule has 1 aromatic carbocycles. The molecule has 1 aliphatic heterocycles. The molecule has 2 atom stereocenters. The molecule has 1 aromatic rings. The highest BCUT2D eigenvalue weighted by molar-refractivity contribution is 14.0. The summed E-state index contributed by atoms with van der Waals surface area (Å²) in [5.74, 6) is 0.772. The molecule has 1 saturated carbocycles. The summed E-state index contributed by atoms with van der Waals surface area (Å²) in [6, 6.07) is 8.63. The van der Waals surface area contributed by atoms with E-state index in [0.29, 0.717) is 12.5 Å². The Morgan fingerprint density at radius 1 is 1.33 bits per heavy atom. The van der Waals surface area contributed by atoms with E-state index < -0.39 is 0 Å². The number of fused-ring (bicyclic) bond motifs is 1. The maximum absolute atomic E-state index is 12.6. The van der Waals surface area contributed by atoms with Gasteiger partial charge in [0.05, 0.1) is 12.6 Å². The van der Waals surface area contributed by atoms with Crippen LogP contribution in [0.4, 0.5) is 0 Å². The molecular weight excluding hydrogens is 455 g/mol. The highest BCUT2D eigenvalue weighted by atomic mass is 127. The van der Waals surface area contributed by atoms with Crippen LogP contribution in [-0.2, 0) is 22.5 Å². The molecule has 1 amide bonds. The number of hydrogen-bond donors (Lipinski definition) is 2. The van der Waals surface area contributed by atoms with Crippen molar-refractivity contribution in [2.75, 3.05) is 27.2 Å². The van der Waals surface area contributed by atoms with Crippen LogP contribution in [0.1, 0.15) is 31.4 Å². The Kier molecular flexibility index (Phi) is 7.50. The van der Waals surface area contributed by atoms with Crippen LogP contribution in [0.3, 0.4) is 0 Å². The van der Waals surface area contributed by atoms with Gasteiger partial charge in [-0.3, -0.25) is 9.79 Å². The molecule has 2 N–H and O–H groups in total. The highest BCUT2D eigenvalue weighted by Gasteiger charge is 2.48. The second-order valence-electron chi connectivity index (χ2n) is 7.74. The number of nitrogens with one attached hydrogen (secondary N) is 2. The van der Waals surface area contributed by atoms with Gasteiger partial charge in [-0.05, 0) is 24.0 Å². The summed E-state index contributed by atoms with van der Waals surface area (Å²) in [5, 5.41) is 6.59. The molecule has 2 aliphatic rings. The number of halogens is 1. The largest absolute Gasteiger partial charge is 0.381 e. The number of carbonyl (C=O) groups excluding carboxylic acids is 1. The topological polar surface area (TPSA) is 66.0 Å². The smallest absolute Gasteiger partial charge is 0.242 e. The number of carbonyl (C=O) groups is 1. The number of amides is 1. The van der Waals surface area contributed by atoms with Crippen LogP contribution in [0.25, 0.3) is 0 Å². The summed E-state index contributed by atoms with van der Waals surface area (Å²) < 4.78 is 5.49. The van der Waals surface area contributed by atoms with Gasteiger partial charge in [0.25, 0.3) is 0 Å². The SMILES string of the molecule is CN=C(NCC(=O)N1CCc2ccccc2C1)NC1CC(OC)C1(C)C.I. The van der Waals surface area contributed by atoms with Crippen LogP contribution in [0.5, 0.6) is 0 Å². The van der Waals surface area contributed by atoms with Gasteiger partial charge in [-0.2, -0.15) is 0 Å². The van der Waals surface area contributed by atoms with Crippen molar-refractivity contribution >= 4 is 35.8 Å². The predicted octanol–water partition coefficient (Wildman–Crippen LogP) is 2.17. The lowest BCUT2D eigenvalue weighted by molar-refractivity contribution is -0.130. The third kappa shape index (κ3) is 4.74. The number of aliphatic imine (C=N–C) groups is 1. The zero-order chi connectivity index (χ0) is 18.7. The van der Waals surface area contributed by atoms with E-state index >= 15 is 0 Å². The summed E-state index contributed by atoms with van der Waals surface area (Å²) in [7, 11) is 3.49. The quantitative estimate of drug-likeness (QED) is 0.389. The average molecular weight is 486 g/mol. The summed E-state index contributed by atoms with van der Waals surface area (Å²) in [5.41, 5.74) is 2.64. The summed E-state index contributed by atoms with van der Waals surface area (Å²) in [6.45, 7) is 6.09. The maximum Gasteiger partial charge on any atom is 0.242 e. The first-order chi connectivity index (χ1) is 12.5. The van der Waals surface area contributed by atoms with Gasteiger partial charge in [-0.25, -0.2) is 0 Å². The number of nitrogens with zero attached hydrogens (tertiary/aromatic N) is 2. The Bertz CT molecular complexity index is 692. The van der Waals surface area contributed by atoms with Crippen LogP contribution >= 0.6 is 24.0 Å². The Morgan fingerprint density at radius 3 is 2.67 bits per heavy atom. The first-order valence-corrected chi connectivity index (χ1v) is 9.30. The number of methoxy groups -OCH3 is 1. The lowest BCUT2D eigenvalue weighted by Crippen LogP contribution is -2.63. The molecule has 0 aromatic heterocycles. The first kappa shape index (κ1) is 21.9. The fraction of sp³-hybridized carbons (Fsp3) is 0.600.